The predicted octanol–water partition coefficient (Wildman–Crippen LogP) is 4.70. The molecule has 1 aromatic heterocycles. The molecule has 0 radical (unpaired) electrons. The first-order valence-electron chi connectivity index (χ1n) is 6.12. The molecule has 0 saturated carbocycles. The van der Waals surface area contributed by atoms with Crippen LogP contribution in [0.1, 0.15) is 28.7 Å². The average molecular weight is 465 g/mol. The van der Waals surface area contributed by atoms with E-state index >= 15 is 0 Å². The summed E-state index contributed by atoms with van der Waals surface area (Å²) in [6, 6.07) is 5.57. The lowest BCUT2D eigenvalue weighted by Crippen LogP contribution is -2.08. The van der Waals surface area contributed by atoms with Crippen LogP contribution in [0.5, 0.6) is 0 Å². The Labute approximate surface area is 143 Å². The summed E-state index contributed by atoms with van der Waals surface area (Å²) in [6.45, 7) is 2.05. The number of aromatic nitrogens is 2. The van der Waals surface area contributed by atoms with Gasteiger partial charge in [-0.05, 0) is 40.5 Å². The fourth-order valence-electron chi connectivity index (χ4n) is 1.98. The highest BCUT2D eigenvalue weighted by molar-refractivity contribution is 9.11. The van der Waals surface area contributed by atoms with Crippen molar-refractivity contribution >= 4 is 53.6 Å². The number of rotatable bonds is 4. The van der Waals surface area contributed by atoms with Crippen molar-refractivity contribution in [3.63, 3.8) is 0 Å². The lowest BCUT2D eigenvalue weighted by Gasteiger charge is -2.04. The van der Waals surface area contributed by atoms with Crippen LogP contribution >= 0.6 is 47.8 Å². The molecule has 0 aliphatic heterocycles. The molecule has 6 heteroatoms. The fraction of sp³-hybridized carbons (Fsp3) is 0.286. The maximum atomic E-state index is 12.4. The van der Waals surface area contributed by atoms with Crippen LogP contribution in [0.3, 0.4) is 0 Å². The highest BCUT2D eigenvalue weighted by Crippen LogP contribution is 2.25. The van der Waals surface area contributed by atoms with Crippen molar-refractivity contribution in [2.75, 3.05) is 0 Å². The standard InChI is InChI=1S/C14H13Br3N2O/c1-3-11-14(17)12(19(2)18-11)7-13(20)8-4-9(15)6-10(16)5-8/h4-6H,3,7H2,1-2H3. The maximum Gasteiger partial charge on any atom is 0.168 e. The van der Waals surface area contributed by atoms with Crippen molar-refractivity contribution in [1.82, 2.24) is 9.78 Å². The van der Waals surface area contributed by atoms with Gasteiger partial charge in [0.1, 0.15) is 0 Å². The Morgan fingerprint density at radius 3 is 2.30 bits per heavy atom. The van der Waals surface area contributed by atoms with Crippen LogP contribution in [-0.4, -0.2) is 15.6 Å². The maximum absolute atomic E-state index is 12.4. The molecule has 1 aromatic carbocycles. The van der Waals surface area contributed by atoms with Crippen molar-refractivity contribution < 1.29 is 4.79 Å². The van der Waals surface area contributed by atoms with Crippen LogP contribution in [0.4, 0.5) is 0 Å². The molecule has 0 atom stereocenters. The molecule has 0 spiro atoms. The molecule has 0 saturated heterocycles. The Morgan fingerprint density at radius 1 is 1.20 bits per heavy atom. The molecular formula is C14H13Br3N2O. The van der Waals surface area contributed by atoms with Crippen molar-refractivity contribution in [1.29, 1.82) is 0 Å². The summed E-state index contributed by atoms with van der Waals surface area (Å²) in [5.74, 6) is 0.0679. The van der Waals surface area contributed by atoms with Crippen LogP contribution in [0.2, 0.25) is 0 Å². The first-order chi connectivity index (χ1) is 9.42. The zero-order valence-corrected chi connectivity index (χ0v) is 15.8. The summed E-state index contributed by atoms with van der Waals surface area (Å²) >= 11 is 10.3. The molecule has 1 heterocycles. The van der Waals surface area contributed by atoms with Gasteiger partial charge in [-0.2, -0.15) is 5.10 Å². The Balaban J connectivity index is 2.30. The fourth-order valence-corrected chi connectivity index (χ4v) is 4.03. The van der Waals surface area contributed by atoms with E-state index in [9.17, 15) is 4.79 Å². The first kappa shape index (κ1) is 15.9. The topological polar surface area (TPSA) is 34.9 Å². The SMILES string of the molecule is CCc1nn(C)c(CC(=O)c2cc(Br)cc(Br)c2)c1Br. The number of carbonyl (C=O) groups excluding carboxylic acids is 1. The summed E-state index contributed by atoms with van der Waals surface area (Å²) in [4.78, 5) is 12.4. The number of hydrogen-bond donors (Lipinski definition) is 0. The van der Waals surface area contributed by atoms with E-state index in [-0.39, 0.29) is 5.78 Å². The summed E-state index contributed by atoms with van der Waals surface area (Å²) in [5, 5.41) is 4.41. The number of benzene rings is 1. The van der Waals surface area contributed by atoms with Crippen LogP contribution in [-0.2, 0) is 19.9 Å². The minimum atomic E-state index is 0.0679. The number of Topliss-reactive ketones (excluding diaryl/α,β-unsaturated/α-hetero) is 1. The molecule has 0 aliphatic rings. The first-order valence-corrected chi connectivity index (χ1v) is 8.49. The monoisotopic (exact) mass is 462 g/mol. The smallest absolute Gasteiger partial charge is 0.168 e. The van der Waals surface area contributed by atoms with E-state index in [1.807, 2.05) is 32.2 Å². The molecule has 0 amide bonds. The highest BCUT2D eigenvalue weighted by atomic mass is 79.9. The lowest BCUT2D eigenvalue weighted by atomic mass is 10.1. The van der Waals surface area contributed by atoms with Gasteiger partial charge in [-0.3, -0.25) is 9.48 Å². The van der Waals surface area contributed by atoms with Crippen LogP contribution in [0.25, 0.3) is 0 Å². The van der Waals surface area contributed by atoms with Crippen LogP contribution in [0.15, 0.2) is 31.6 Å². The zero-order valence-electron chi connectivity index (χ0n) is 11.1. The number of ketones is 1. The third-order valence-electron chi connectivity index (χ3n) is 3.02. The molecule has 0 fully saturated rings. The minimum Gasteiger partial charge on any atom is -0.294 e. The molecule has 2 aromatic rings. The summed E-state index contributed by atoms with van der Waals surface area (Å²) in [6.07, 6.45) is 1.16. The quantitative estimate of drug-likeness (QED) is 0.615. The molecule has 20 heavy (non-hydrogen) atoms. The Bertz CT molecular complexity index is 644. The third-order valence-corrected chi connectivity index (χ3v) is 4.85. The van der Waals surface area contributed by atoms with E-state index in [0.717, 1.165) is 31.2 Å². The second kappa shape index (κ2) is 6.54. The van der Waals surface area contributed by atoms with Gasteiger partial charge in [0, 0.05) is 21.6 Å². The van der Waals surface area contributed by atoms with Gasteiger partial charge >= 0.3 is 0 Å². The Morgan fingerprint density at radius 2 is 1.80 bits per heavy atom. The highest BCUT2D eigenvalue weighted by Gasteiger charge is 2.17. The number of aryl methyl sites for hydroxylation is 2. The summed E-state index contributed by atoms with van der Waals surface area (Å²) in [7, 11) is 1.86. The summed E-state index contributed by atoms with van der Waals surface area (Å²) < 4.78 is 4.47. The molecule has 0 N–H and O–H groups in total. The van der Waals surface area contributed by atoms with Gasteiger partial charge in [0.2, 0.25) is 0 Å². The molecule has 0 bridgehead atoms. The molecule has 106 valence electrons. The predicted molar refractivity (Wildman–Crippen MR) is 90.2 cm³/mol. The van der Waals surface area contributed by atoms with E-state index in [1.54, 1.807) is 4.68 Å². The number of hydrogen-bond acceptors (Lipinski definition) is 2. The van der Waals surface area contributed by atoms with Crippen molar-refractivity contribution in [2.45, 2.75) is 19.8 Å². The Kier molecular flexibility index (Phi) is 5.20. The van der Waals surface area contributed by atoms with Gasteiger partial charge in [-0.1, -0.05) is 38.8 Å². The number of nitrogens with zero attached hydrogens (tertiary/aromatic N) is 2. The van der Waals surface area contributed by atoms with E-state index in [0.29, 0.717) is 12.0 Å². The van der Waals surface area contributed by atoms with Crippen molar-refractivity contribution in [3.05, 3.63) is 48.6 Å². The lowest BCUT2D eigenvalue weighted by molar-refractivity contribution is 0.0990. The minimum absolute atomic E-state index is 0.0679. The van der Waals surface area contributed by atoms with Gasteiger partial charge in [-0.15, -0.1) is 0 Å². The van der Waals surface area contributed by atoms with Gasteiger partial charge in [0.25, 0.3) is 0 Å². The van der Waals surface area contributed by atoms with Crippen LogP contribution < -0.4 is 0 Å². The number of halogens is 3. The number of carbonyl (C=O) groups is 1. The largest absolute Gasteiger partial charge is 0.294 e. The second-order valence-electron chi connectivity index (χ2n) is 4.44. The van der Waals surface area contributed by atoms with Crippen molar-refractivity contribution in [2.24, 2.45) is 7.05 Å². The molecule has 0 unspecified atom stereocenters. The second-order valence-corrected chi connectivity index (χ2v) is 7.07. The van der Waals surface area contributed by atoms with Crippen molar-refractivity contribution in [3.8, 4) is 0 Å². The third kappa shape index (κ3) is 3.40. The molecule has 3 nitrogen and oxygen atoms in total. The van der Waals surface area contributed by atoms with Gasteiger partial charge in [-0.25, -0.2) is 0 Å². The normalized spacial score (nSPS) is 10.8. The molecule has 0 aliphatic carbocycles. The van der Waals surface area contributed by atoms with E-state index < -0.39 is 0 Å². The zero-order chi connectivity index (χ0) is 14.9. The van der Waals surface area contributed by atoms with E-state index in [2.05, 4.69) is 52.9 Å². The van der Waals surface area contributed by atoms with Gasteiger partial charge < -0.3 is 0 Å². The van der Waals surface area contributed by atoms with E-state index in [4.69, 9.17) is 0 Å². The van der Waals surface area contributed by atoms with Gasteiger partial charge in [0.15, 0.2) is 5.78 Å². The molecular weight excluding hydrogens is 452 g/mol. The summed E-state index contributed by atoms with van der Waals surface area (Å²) in [5.41, 5.74) is 2.56. The Hall–Kier alpha value is -0.460. The van der Waals surface area contributed by atoms with Gasteiger partial charge in [0.05, 0.1) is 22.3 Å². The van der Waals surface area contributed by atoms with E-state index in [1.165, 1.54) is 0 Å². The average Bonchev–Trinajstić information content (AvgIpc) is 2.65. The molecule has 2 rings (SSSR count). The van der Waals surface area contributed by atoms with Crippen LogP contribution in [0, 0.1) is 0 Å².